The number of hydrogen-bond donors (Lipinski definition) is 0. The van der Waals surface area contributed by atoms with E-state index in [4.69, 9.17) is 10.5 Å². The fourth-order valence-corrected chi connectivity index (χ4v) is 2.44. The molecule has 102 valence electrons. The molecular weight excluding hydrogens is 264 g/mol. The van der Waals surface area contributed by atoms with Crippen LogP contribution in [0.3, 0.4) is 0 Å². The standard InChI is InChI=1S/C15H12N6/c1-11-19-12-4-2-3-5-14(12)21(11)7-6-20-10-18-13(8-16)15(20)9-17/h2-5,10H,6-7H2,1H3. The third-order valence-electron chi connectivity index (χ3n) is 3.46. The molecule has 0 aliphatic heterocycles. The van der Waals surface area contributed by atoms with Crippen LogP contribution >= 0.6 is 0 Å². The van der Waals surface area contributed by atoms with Crippen LogP contribution in [-0.2, 0) is 13.1 Å². The second-order valence-corrected chi connectivity index (χ2v) is 4.66. The molecule has 21 heavy (non-hydrogen) atoms. The molecule has 0 unspecified atom stereocenters. The smallest absolute Gasteiger partial charge is 0.176 e. The molecule has 0 spiro atoms. The van der Waals surface area contributed by atoms with Crippen LogP contribution in [-0.4, -0.2) is 19.1 Å². The van der Waals surface area contributed by atoms with Gasteiger partial charge in [0.25, 0.3) is 0 Å². The summed E-state index contributed by atoms with van der Waals surface area (Å²) in [5.41, 5.74) is 2.50. The van der Waals surface area contributed by atoms with E-state index in [9.17, 15) is 0 Å². The highest BCUT2D eigenvalue weighted by Gasteiger charge is 2.11. The summed E-state index contributed by atoms with van der Waals surface area (Å²) in [4.78, 5) is 8.45. The lowest BCUT2D eigenvalue weighted by Gasteiger charge is -2.08. The van der Waals surface area contributed by atoms with E-state index in [1.165, 1.54) is 6.33 Å². The summed E-state index contributed by atoms with van der Waals surface area (Å²) in [5, 5.41) is 18.0. The van der Waals surface area contributed by atoms with E-state index in [0.29, 0.717) is 18.8 Å². The van der Waals surface area contributed by atoms with E-state index in [-0.39, 0.29) is 5.69 Å². The average Bonchev–Trinajstić information content (AvgIpc) is 3.04. The summed E-state index contributed by atoms with van der Waals surface area (Å²) in [5.74, 6) is 0.926. The van der Waals surface area contributed by atoms with E-state index in [0.717, 1.165) is 16.9 Å². The van der Waals surface area contributed by atoms with Crippen LogP contribution in [0.1, 0.15) is 17.2 Å². The van der Waals surface area contributed by atoms with Crippen molar-refractivity contribution in [3.63, 3.8) is 0 Å². The molecule has 2 heterocycles. The summed E-state index contributed by atoms with van der Waals surface area (Å²) in [6.45, 7) is 3.20. The zero-order chi connectivity index (χ0) is 14.8. The van der Waals surface area contributed by atoms with Gasteiger partial charge in [-0.25, -0.2) is 9.97 Å². The Labute approximate surface area is 121 Å². The minimum atomic E-state index is 0.171. The first-order chi connectivity index (χ1) is 10.2. The minimum absolute atomic E-state index is 0.171. The first-order valence-electron chi connectivity index (χ1n) is 6.52. The molecule has 1 aromatic carbocycles. The summed E-state index contributed by atoms with van der Waals surface area (Å²) in [6, 6.07) is 11.9. The maximum absolute atomic E-state index is 9.12. The Hall–Kier alpha value is -3.12. The lowest BCUT2D eigenvalue weighted by Crippen LogP contribution is -2.09. The quantitative estimate of drug-likeness (QED) is 0.732. The Morgan fingerprint density at radius 2 is 1.95 bits per heavy atom. The van der Waals surface area contributed by atoms with E-state index < -0.39 is 0 Å². The van der Waals surface area contributed by atoms with Gasteiger partial charge in [0.2, 0.25) is 0 Å². The van der Waals surface area contributed by atoms with Gasteiger partial charge in [0, 0.05) is 13.1 Å². The summed E-state index contributed by atoms with van der Waals surface area (Å²) in [7, 11) is 0. The second kappa shape index (κ2) is 5.10. The molecule has 2 aromatic heterocycles. The van der Waals surface area contributed by atoms with E-state index >= 15 is 0 Å². The molecule has 0 N–H and O–H groups in total. The molecule has 0 radical (unpaired) electrons. The number of para-hydroxylation sites is 2. The molecule has 6 nitrogen and oxygen atoms in total. The van der Waals surface area contributed by atoms with Crippen molar-refractivity contribution in [3.8, 4) is 12.1 Å². The van der Waals surface area contributed by atoms with Gasteiger partial charge >= 0.3 is 0 Å². The molecule has 0 aliphatic carbocycles. The molecule has 6 heteroatoms. The number of imidazole rings is 2. The molecular formula is C15H12N6. The molecule has 3 rings (SSSR count). The van der Waals surface area contributed by atoms with Crippen LogP contribution in [0.2, 0.25) is 0 Å². The minimum Gasteiger partial charge on any atom is -0.326 e. The summed E-state index contributed by atoms with van der Waals surface area (Å²) < 4.78 is 3.80. The third kappa shape index (κ3) is 2.13. The van der Waals surface area contributed by atoms with Crippen molar-refractivity contribution in [2.24, 2.45) is 0 Å². The number of fused-ring (bicyclic) bond motifs is 1. The van der Waals surface area contributed by atoms with E-state index in [1.54, 1.807) is 4.57 Å². The molecule has 0 aliphatic rings. The number of aromatic nitrogens is 4. The van der Waals surface area contributed by atoms with Crippen molar-refractivity contribution in [1.29, 1.82) is 10.5 Å². The molecule has 0 fully saturated rings. The fraction of sp³-hybridized carbons (Fsp3) is 0.200. The lowest BCUT2D eigenvalue weighted by molar-refractivity contribution is 0.575. The van der Waals surface area contributed by atoms with Gasteiger partial charge in [-0.1, -0.05) is 12.1 Å². The van der Waals surface area contributed by atoms with Crippen LogP contribution in [0.4, 0.5) is 0 Å². The summed E-state index contributed by atoms with van der Waals surface area (Å²) in [6.07, 6.45) is 1.53. The van der Waals surface area contributed by atoms with Crippen LogP contribution in [0.15, 0.2) is 30.6 Å². The normalized spacial score (nSPS) is 10.4. The Balaban J connectivity index is 1.91. The zero-order valence-corrected chi connectivity index (χ0v) is 11.5. The Kier molecular flexibility index (Phi) is 3.13. The number of nitriles is 2. The number of rotatable bonds is 3. The predicted octanol–water partition coefficient (Wildman–Crippen LogP) is 1.98. The third-order valence-corrected chi connectivity index (χ3v) is 3.46. The Morgan fingerprint density at radius 3 is 2.71 bits per heavy atom. The first kappa shape index (κ1) is 12.9. The van der Waals surface area contributed by atoms with Gasteiger partial charge in [-0.05, 0) is 19.1 Å². The second-order valence-electron chi connectivity index (χ2n) is 4.66. The van der Waals surface area contributed by atoms with Crippen LogP contribution < -0.4 is 0 Å². The Morgan fingerprint density at radius 1 is 1.14 bits per heavy atom. The topological polar surface area (TPSA) is 83.2 Å². The van der Waals surface area contributed by atoms with E-state index in [1.807, 2.05) is 43.3 Å². The van der Waals surface area contributed by atoms with Crippen molar-refractivity contribution in [2.75, 3.05) is 0 Å². The van der Waals surface area contributed by atoms with Gasteiger partial charge in [-0.3, -0.25) is 0 Å². The molecule has 0 saturated carbocycles. The number of benzene rings is 1. The average molecular weight is 276 g/mol. The molecule has 3 aromatic rings. The van der Waals surface area contributed by atoms with Gasteiger partial charge < -0.3 is 9.13 Å². The molecule has 0 atom stereocenters. The van der Waals surface area contributed by atoms with Gasteiger partial charge in [0.05, 0.1) is 17.4 Å². The molecule has 0 bridgehead atoms. The maximum atomic E-state index is 9.12. The van der Waals surface area contributed by atoms with Gasteiger partial charge in [0.15, 0.2) is 11.4 Å². The van der Waals surface area contributed by atoms with Crippen molar-refractivity contribution in [2.45, 2.75) is 20.0 Å². The lowest BCUT2D eigenvalue weighted by atomic mass is 10.3. The van der Waals surface area contributed by atoms with Crippen LogP contribution in [0.5, 0.6) is 0 Å². The number of hydrogen-bond acceptors (Lipinski definition) is 4. The highest BCUT2D eigenvalue weighted by molar-refractivity contribution is 5.75. The Bertz CT molecular complexity index is 887. The fourth-order valence-electron chi connectivity index (χ4n) is 2.44. The zero-order valence-electron chi connectivity index (χ0n) is 11.5. The largest absolute Gasteiger partial charge is 0.326 e. The number of aryl methyl sites for hydroxylation is 3. The van der Waals surface area contributed by atoms with Crippen molar-refractivity contribution < 1.29 is 0 Å². The van der Waals surface area contributed by atoms with Crippen LogP contribution in [0.25, 0.3) is 11.0 Å². The van der Waals surface area contributed by atoms with Gasteiger partial charge in [0.1, 0.15) is 18.0 Å². The van der Waals surface area contributed by atoms with Crippen molar-refractivity contribution in [3.05, 3.63) is 47.8 Å². The monoisotopic (exact) mass is 276 g/mol. The van der Waals surface area contributed by atoms with Gasteiger partial charge in [-0.2, -0.15) is 10.5 Å². The van der Waals surface area contributed by atoms with E-state index in [2.05, 4.69) is 14.5 Å². The summed E-state index contributed by atoms with van der Waals surface area (Å²) >= 11 is 0. The van der Waals surface area contributed by atoms with Crippen molar-refractivity contribution in [1.82, 2.24) is 19.1 Å². The van der Waals surface area contributed by atoms with Crippen LogP contribution in [0, 0.1) is 29.6 Å². The van der Waals surface area contributed by atoms with Gasteiger partial charge in [-0.15, -0.1) is 0 Å². The van der Waals surface area contributed by atoms with Crippen molar-refractivity contribution >= 4 is 11.0 Å². The molecule has 0 saturated heterocycles. The highest BCUT2D eigenvalue weighted by Crippen LogP contribution is 2.16. The predicted molar refractivity (Wildman–Crippen MR) is 76.1 cm³/mol. The maximum Gasteiger partial charge on any atom is 0.176 e. The number of nitrogens with zero attached hydrogens (tertiary/aromatic N) is 6. The highest BCUT2D eigenvalue weighted by atomic mass is 15.1. The molecule has 0 amide bonds. The SMILES string of the molecule is Cc1nc2ccccc2n1CCn1cnc(C#N)c1C#N. The first-order valence-corrected chi connectivity index (χ1v) is 6.52.